The van der Waals surface area contributed by atoms with Gasteiger partial charge in [-0.1, -0.05) is 12.1 Å². The van der Waals surface area contributed by atoms with Crippen molar-refractivity contribution in [2.24, 2.45) is 0 Å². The molecule has 0 aromatic heterocycles. The van der Waals surface area contributed by atoms with Gasteiger partial charge in [0.2, 0.25) is 0 Å². The fourth-order valence-electron chi connectivity index (χ4n) is 0.946. The van der Waals surface area contributed by atoms with Crippen LogP contribution in [-0.4, -0.2) is 13.5 Å². The average Bonchev–Trinajstić information content (AvgIpc) is 2.09. The SMILES string of the molecule is CNCc1ccc(OC=O)cc1. The highest BCUT2D eigenvalue weighted by Gasteiger charge is 1.92. The van der Waals surface area contributed by atoms with E-state index in [0.29, 0.717) is 12.2 Å². The lowest BCUT2D eigenvalue weighted by molar-refractivity contribution is -0.120. The largest absolute Gasteiger partial charge is 0.429 e. The second-order valence-electron chi connectivity index (χ2n) is 2.39. The van der Waals surface area contributed by atoms with E-state index in [9.17, 15) is 4.79 Å². The van der Waals surface area contributed by atoms with Gasteiger partial charge in [-0.05, 0) is 24.7 Å². The van der Waals surface area contributed by atoms with Gasteiger partial charge in [-0.15, -0.1) is 0 Å². The minimum atomic E-state index is 0.424. The molecule has 0 fully saturated rings. The maximum absolute atomic E-state index is 9.95. The summed E-state index contributed by atoms with van der Waals surface area (Å²) in [5, 5.41) is 3.03. The second kappa shape index (κ2) is 4.51. The first kappa shape index (κ1) is 8.74. The lowest BCUT2D eigenvalue weighted by Gasteiger charge is -2.00. The van der Waals surface area contributed by atoms with Gasteiger partial charge in [0, 0.05) is 6.54 Å². The predicted molar refractivity (Wildman–Crippen MR) is 45.9 cm³/mol. The molecule has 0 aliphatic rings. The summed E-state index contributed by atoms with van der Waals surface area (Å²) < 4.78 is 4.64. The first-order valence-corrected chi connectivity index (χ1v) is 3.70. The molecule has 3 heteroatoms. The van der Waals surface area contributed by atoms with Crippen molar-refractivity contribution >= 4 is 6.47 Å². The van der Waals surface area contributed by atoms with Crippen LogP contribution in [0.5, 0.6) is 5.75 Å². The van der Waals surface area contributed by atoms with Crippen LogP contribution < -0.4 is 10.1 Å². The quantitative estimate of drug-likeness (QED) is 0.675. The zero-order valence-corrected chi connectivity index (χ0v) is 6.91. The molecule has 0 unspecified atom stereocenters. The van der Waals surface area contributed by atoms with Gasteiger partial charge >= 0.3 is 0 Å². The maximum Gasteiger partial charge on any atom is 0.298 e. The standard InChI is InChI=1S/C9H11NO2/c1-10-6-8-2-4-9(5-3-8)12-7-11/h2-5,7,10H,6H2,1H3. The molecule has 0 atom stereocenters. The van der Waals surface area contributed by atoms with Crippen LogP contribution in [0.4, 0.5) is 0 Å². The average molecular weight is 165 g/mol. The van der Waals surface area contributed by atoms with E-state index in [4.69, 9.17) is 0 Å². The van der Waals surface area contributed by atoms with E-state index >= 15 is 0 Å². The highest BCUT2D eigenvalue weighted by molar-refractivity contribution is 5.45. The van der Waals surface area contributed by atoms with Crippen LogP contribution in [0.25, 0.3) is 0 Å². The fraction of sp³-hybridized carbons (Fsp3) is 0.222. The topological polar surface area (TPSA) is 38.3 Å². The Labute approximate surface area is 71.4 Å². The number of carbonyl (C=O) groups is 1. The summed E-state index contributed by atoms with van der Waals surface area (Å²) in [4.78, 5) is 9.95. The predicted octanol–water partition coefficient (Wildman–Crippen LogP) is 0.941. The molecule has 1 rings (SSSR count). The number of hydrogen-bond acceptors (Lipinski definition) is 3. The van der Waals surface area contributed by atoms with Gasteiger partial charge in [-0.25, -0.2) is 0 Å². The van der Waals surface area contributed by atoms with Crippen molar-refractivity contribution in [1.82, 2.24) is 5.32 Å². The van der Waals surface area contributed by atoms with E-state index in [1.165, 1.54) is 0 Å². The van der Waals surface area contributed by atoms with Crippen molar-refractivity contribution < 1.29 is 9.53 Å². The molecular weight excluding hydrogens is 154 g/mol. The van der Waals surface area contributed by atoms with E-state index < -0.39 is 0 Å². The van der Waals surface area contributed by atoms with Crippen LogP contribution in [0.1, 0.15) is 5.56 Å². The Bertz CT molecular complexity index is 243. The van der Waals surface area contributed by atoms with Crippen LogP contribution in [0, 0.1) is 0 Å². The second-order valence-corrected chi connectivity index (χ2v) is 2.39. The molecule has 0 aliphatic carbocycles. The third kappa shape index (κ3) is 2.36. The maximum atomic E-state index is 9.95. The van der Waals surface area contributed by atoms with Gasteiger partial charge in [-0.2, -0.15) is 0 Å². The Hall–Kier alpha value is -1.35. The molecule has 12 heavy (non-hydrogen) atoms. The van der Waals surface area contributed by atoms with E-state index in [-0.39, 0.29) is 0 Å². The fourth-order valence-corrected chi connectivity index (χ4v) is 0.946. The minimum absolute atomic E-state index is 0.424. The van der Waals surface area contributed by atoms with Crippen molar-refractivity contribution in [2.45, 2.75) is 6.54 Å². The Kier molecular flexibility index (Phi) is 3.29. The molecule has 64 valence electrons. The minimum Gasteiger partial charge on any atom is -0.429 e. The number of carbonyl (C=O) groups excluding carboxylic acids is 1. The van der Waals surface area contributed by atoms with E-state index in [0.717, 1.165) is 12.1 Å². The van der Waals surface area contributed by atoms with Crippen LogP contribution >= 0.6 is 0 Å². The molecule has 0 radical (unpaired) electrons. The molecular formula is C9H11NO2. The summed E-state index contributed by atoms with van der Waals surface area (Å²) in [5.41, 5.74) is 1.16. The Balaban J connectivity index is 2.64. The molecule has 0 aliphatic heterocycles. The molecule has 0 amide bonds. The van der Waals surface area contributed by atoms with Crippen LogP contribution in [0.15, 0.2) is 24.3 Å². The highest BCUT2D eigenvalue weighted by Crippen LogP contribution is 2.10. The van der Waals surface area contributed by atoms with Gasteiger partial charge in [-0.3, -0.25) is 4.79 Å². The third-order valence-electron chi connectivity index (χ3n) is 1.49. The lowest BCUT2D eigenvalue weighted by atomic mass is 10.2. The van der Waals surface area contributed by atoms with E-state index in [1.54, 1.807) is 12.1 Å². The molecule has 1 aromatic rings. The van der Waals surface area contributed by atoms with Crippen molar-refractivity contribution in [3.63, 3.8) is 0 Å². The number of hydrogen-bond donors (Lipinski definition) is 1. The van der Waals surface area contributed by atoms with Crippen molar-refractivity contribution in [3.8, 4) is 5.75 Å². The van der Waals surface area contributed by atoms with Crippen molar-refractivity contribution in [1.29, 1.82) is 0 Å². The molecule has 3 nitrogen and oxygen atoms in total. The Morgan fingerprint density at radius 1 is 1.42 bits per heavy atom. The number of benzene rings is 1. The third-order valence-corrected chi connectivity index (χ3v) is 1.49. The van der Waals surface area contributed by atoms with Gasteiger partial charge in [0.1, 0.15) is 5.75 Å². The van der Waals surface area contributed by atoms with E-state index in [1.807, 2.05) is 19.2 Å². The Morgan fingerprint density at radius 3 is 2.58 bits per heavy atom. The molecule has 0 spiro atoms. The summed E-state index contributed by atoms with van der Waals surface area (Å²) >= 11 is 0. The van der Waals surface area contributed by atoms with Crippen LogP contribution in [0.2, 0.25) is 0 Å². The number of ether oxygens (including phenoxy) is 1. The number of rotatable bonds is 4. The molecule has 0 saturated carbocycles. The molecule has 0 bridgehead atoms. The molecule has 1 N–H and O–H groups in total. The smallest absolute Gasteiger partial charge is 0.298 e. The summed E-state index contributed by atoms with van der Waals surface area (Å²) in [6.07, 6.45) is 0. The van der Waals surface area contributed by atoms with Crippen molar-refractivity contribution in [2.75, 3.05) is 7.05 Å². The summed E-state index contributed by atoms with van der Waals surface area (Å²) in [7, 11) is 1.88. The summed E-state index contributed by atoms with van der Waals surface area (Å²) in [6.45, 7) is 1.24. The number of nitrogens with one attached hydrogen (secondary N) is 1. The normalized spacial score (nSPS) is 9.42. The summed E-state index contributed by atoms with van der Waals surface area (Å²) in [5.74, 6) is 0.574. The lowest BCUT2D eigenvalue weighted by Crippen LogP contribution is -2.04. The zero-order chi connectivity index (χ0) is 8.81. The van der Waals surface area contributed by atoms with Crippen molar-refractivity contribution in [3.05, 3.63) is 29.8 Å². The monoisotopic (exact) mass is 165 g/mol. The van der Waals surface area contributed by atoms with Crippen LogP contribution in [-0.2, 0) is 11.3 Å². The first-order chi connectivity index (χ1) is 5.86. The van der Waals surface area contributed by atoms with Gasteiger partial charge in [0.25, 0.3) is 6.47 Å². The van der Waals surface area contributed by atoms with Gasteiger partial charge < -0.3 is 10.1 Å². The van der Waals surface area contributed by atoms with Gasteiger partial charge in [0.05, 0.1) is 0 Å². The first-order valence-electron chi connectivity index (χ1n) is 3.70. The Morgan fingerprint density at radius 2 is 2.08 bits per heavy atom. The van der Waals surface area contributed by atoms with Gasteiger partial charge in [0.15, 0.2) is 0 Å². The molecule has 0 heterocycles. The summed E-state index contributed by atoms with van der Waals surface area (Å²) in [6, 6.07) is 7.35. The highest BCUT2D eigenvalue weighted by atomic mass is 16.5. The zero-order valence-electron chi connectivity index (χ0n) is 6.91. The molecule has 0 saturated heterocycles. The molecule has 1 aromatic carbocycles. The van der Waals surface area contributed by atoms with E-state index in [2.05, 4.69) is 10.1 Å². The van der Waals surface area contributed by atoms with Crippen LogP contribution in [0.3, 0.4) is 0 Å².